The molecular weight excluding hydrogens is 581 g/mol. The normalized spacial score (nSPS) is 11.4. The molecule has 0 saturated heterocycles. The van der Waals surface area contributed by atoms with Crippen LogP contribution in [0.15, 0.2) is 116 Å². The summed E-state index contributed by atoms with van der Waals surface area (Å²) in [5, 5.41) is 1.20. The molecule has 0 radical (unpaired) electrons. The quantitative estimate of drug-likeness (QED) is 0.156. The lowest BCUT2D eigenvalue weighted by Gasteiger charge is -2.11. The molecule has 6 aromatic rings. The summed E-state index contributed by atoms with van der Waals surface area (Å²) in [6.07, 6.45) is 5.36. The molecule has 0 aliphatic heterocycles. The number of aromatic nitrogens is 4. The largest absolute Gasteiger partial charge is 0.405 e. The molecule has 4 heterocycles. The first-order valence-electron chi connectivity index (χ1n) is 12.3. The van der Waals surface area contributed by atoms with Gasteiger partial charge in [-0.3, -0.25) is 9.55 Å². The van der Waals surface area contributed by atoms with E-state index < -0.39 is 0 Å². The zero-order chi connectivity index (χ0) is 25.9. The highest BCUT2D eigenvalue weighted by Gasteiger charge is 2.17. The summed E-state index contributed by atoms with van der Waals surface area (Å²) >= 11 is 2.41. The van der Waals surface area contributed by atoms with Crippen molar-refractivity contribution >= 4 is 39.6 Å². The molecule has 0 bridgehead atoms. The number of alkyl halides is 1. The molecule has 38 heavy (non-hydrogen) atoms. The number of nitrogens with two attached hydrogens (primary N) is 1. The Labute approximate surface area is 234 Å². The number of hydrogen-bond acceptors (Lipinski definition) is 4. The maximum absolute atomic E-state index is 5.86. The standard InChI is InChI=1S/C32H24IN5/c33-21-25-24-10-1-2-15-30(24)38(31(25)17-18-34)32-16-7-14-29(37-32)28-13-6-12-27(36-28)23-9-5-8-22(20-23)26-11-3-4-19-35-26/h1-20H,21,34H2/b18-17-. The fourth-order valence-corrected chi connectivity index (χ4v) is 5.58. The third-order valence-corrected chi connectivity index (χ3v) is 7.26. The van der Waals surface area contributed by atoms with Crippen LogP contribution in [0.1, 0.15) is 11.3 Å². The third-order valence-electron chi connectivity index (χ3n) is 6.50. The zero-order valence-electron chi connectivity index (χ0n) is 20.5. The molecule has 0 saturated carbocycles. The summed E-state index contributed by atoms with van der Waals surface area (Å²) in [5.41, 5.74) is 14.8. The Hall–Kier alpha value is -4.30. The first-order valence-corrected chi connectivity index (χ1v) is 13.8. The van der Waals surface area contributed by atoms with Gasteiger partial charge in [-0.1, -0.05) is 77.2 Å². The van der Waals surface area contributed by atoms with Gasteiger partial charge in [-0.2, -0.15) is 0 Å². The number of hydrogen-bond donors (Lipinski definition) is 1. The number of halogens is 1. The van der Waals surface area contributed by atoms with E-state index in [1.807, 2.05) is 72.9 Å². The second-order valence-corrected chi connectivity index (χ2v) is 9.56. The van der Waals surface area contributed by atoms with E-state index in [2.05, 4.69) is 74.6 Å². The van der Waals surface area contributed by atoms with Crippen molar-refractivity contribution in [2.45, 2.75) is 4.43 Å². The van der Waals surface area contributed by atoms with Gasteiger partial charge in [0.25, 0.3) is 0 Å². The monoisotopic (exact) mass is 605 g/mol. The number of pyridine rings is 3. The Bertz CT molecular complexity index is 1770. The van der Waals surface area contributed by atoms with Crippen LogP contribution in [0.2, 0.25) is 0 Å². The Morgan fingerprint density at radius 3 is 2.18 bits per heavy atom. The molecule has 2 N–H and O–H groups in total. The number of fused-ring (bicyclic) bond motifs is 1. The van der Waals surface area contributed by atoms with Gasteiger partial charge >= 0.3 is 0 Å². The van der Waals surface area contributed by atoms with E-state index in [4.69, 9.17) is 15.7 Å². The lowest BCUT2D eigenvalue weighted by molar-refractivity contribution is 1.02. The molecule has 6 heteroatoms. The van der Waals surface area contributed by atoms with Crippen molar-refractivity contribution < 1.29 is 0 Å². The Morgan fingerprint density at radius 2 is 1.39 bits per heavy atom. The van der Waals surface area contributed by atoms with E-state index in [9.17, 15) is 0 Å². The maximum Gasteiger partial charge on any atom is 0.138 e. The maximum atomic E-state index is 5.86. The summed E-state index contributed by atoms with van der Waals surface area (Å²) in [6, 6.07) is 34.8. The smallest absolute Gasteiger partial charge is 0.138 e. The summed E-state index contributed by atoms with van der Waals surface area (Å²) < 4.78 is 3.04. The average Bonchev–Trinajstić information content (AvgIpc) is 3.31. The molecule has 0 atom stereocenters. The lowest BCUT2D eigenvalue weighted by Crippen LogP contribution is -2.02. The van der Waals surface area contributed by atoms with Gasteiger partial charge in [0, 0.05) is 27.1 Å². The van der Waals surface area contributed by atoms with Gasteiger partial charge in [-0.25, -0.2) is 9.97 Å². The van der Waals surface area contributed by atoms with Crippen LogP contribution in [0, 0.1) is 0 Å². The van der Waals surface area contributed by atoms with Gasteiger partial charge in [-0.05, 0) is 66.4 Å². The predicted octanol–water partition coefficient (Wildman–Crippen LogP) is 7.68. The van der Waals surface area contributed by atoms with Crippen molar-refractivity contribution in [3.05, 3.63) is 127 Å². The first-order chi connectivity index (χ1) is 18.8. The average molecular weight is 605 g/mol. The van der Waals surface area contributed by atoms with Crippen LogP contribution < -0.4 is 5.73 Å². The van der Waals surface area contributed by atoms with Crippen molar-refractivity contribution in [1.29, 1.82) is 0 Å². The van der Waals surface area contributed by atoms with Gasteiger partial charge in [0.05, 0.1) is 34.0 Å². The van der Waals surface area contributed by atoms with Crippen LogP contribution in [-0.2, 0) is 4.43 Å². The molecule has 2 aromatic carbocycles. The molecule has 184 valence electrons. The van der Waals surface area contributed by atoms with Gasteiger partial charge in [-0.15, -0.1) is 0 Å². The first kappa shape index (κ1) is 24.1. The fourth-order valence-electron chi connectivity index (χ4n) is 4.78. The SMILES string of the molecule is N/C=C\c1c(CI)c2ccccc2n1-c1cccc(-c2cccc(-c3cccc(-c4ccccn4)c3)n2)n1. The predicted molar refractivity (Wildman–Crippen MR) is 164 cm³/mol. The van der Waals surface area contributed by atoms with Crippen LogP contribution in [0.4, 0.5) is 0 Å². The van der Waals surface area contributed by atoms with E-state index >= 15 is 0 Å². The van der Waals surface area contributed by atoms with Crippen LogP contribution in [0.3, 0.4) is 0 Å². The minimum Gasteiger partial charge on any atom is -0.405 e. The van der Waals surface area contributed by atoms with E-state index in [0.29, 0.717) is 0 Å². The van der Waals surface area contributed by atoms with Gasteiger partial charge in [0.2, 0.25) is 0 Å². The summed E-state index contributed by atoms with van der Waals surface area (Å²) in [7, 11) is 0. The van der Waals surface area contributed by atoms with E-state index in [-0.39, 0.29) is 0 Å². The molecule has 0 spiro atoms. The topological polar surface area (TPSA) is 69.6 Å². The molecule has 0 fully saturated rings. The number of benzene rings is 2. The highest BCUT2D eigenvalue weighted by molar-refractivity contribution is 14.1. The zero-order valence-corrected chi connectivity index (χ0v) is 22.7. The lowest BCUT2D eigenvalue weighted by atomic mass is 10.0. The highest BCUT2D eigenvalue weighted by atomic mass is 127. The van der Waals surface area contributed by atoms with Gasteiger partial charge < -0.3 is 5.73 Å². The summed E-state index contributed by atoms with van der Waals surface area (Å²) in [6.45, 7) is 0. The van der Waals surface area contributed by atoms with Crippen LogP contribution in [0.25, 0.3) is 56.7 Å². The Morgan fingerprint density at radius 1 is 0.711 bits per heavy atom. The fraction of sp³-hybridized carbons (Fsp3) is 0.0312. The molecule has 0 unspecified atom stereocenters. The number of rotatable bonds is 6. The second-order valence-electron chi connectivity index (χ2n) is 8.79. The van der Waals surface area contributed by atoms with Crippen LogP contribution in [-0.4, -0.2) is 19.5 Å². The third kappa shape index (κ3) is 4.48. The van der Waals surface area contributed by atoms with Gasteiger partial charge in [0.15, 0.2) is 0 Å². The van der Waals surface area contributed by atoms with Crippen LogP contribution in [0.5, 0.6) is 0 Å². The Balaban J connectivity index is 1.43. The van der Waals surface area contributed by atoms with Gasteiger partial charge in [0.1, 0.15) is 5.82 Å². The molecule has 4 aromatic heterocycles. The summed E-state index contributed by atoms with van der Waals surface area (Å²) in [4.78, 5) is 14.6. The minimum atomic E-state index is 0.807. The highest BCUT2D eigenvalue weighted by Crippen LogP contribution is 2.32. The summed E-state index contributed by atoms with van der Waals surface area (Å²) in [5.74, 6) is 0.826. The van der Waals surface area contributed by atoms with E-state index in [1.54, 1.807) is 6.20 Å². The Kier molecular flexibility index (Phi) is 6.71. The molecule has 0 aliphatic rings. The van der Waals surface area contributed by atoms with Crippen molar-refractivity contribution in [2.75, 3.05) is 0 Å². The van der Waals surface area contributed by atoms with Crippen molar-refractivity contribution in [1.82, 2.24) is 19.5 Å². The van der Waals surface area contributed by atoms with E-state index in [0.717, 1.165) is 55.4 Å². The van der Waals surface area contributed by atoms with Crippen molar-refractivity contribution in [3.63, 3.8) is 0 Å². The number of nitrogens with zero attached hydrogens (tertiary/aromatic N) is 4. The van der Waals surface area contributed by atoms with Crippen molar-refractivity contribution in [2.24, 2.45) is 5.73 Å². The molecule has 6 rings (SSSR count). The molecule has 0 aliphatic carbocycles. The number of para-hydroxylation sites is 1. The molecule has 0 amide bonds. The van der Waals surface area contributed by atoms with E-state index in [1.165, 1.54) is 10.9 Å². The van der Waals surface area contributed by atoms with Crippen LogP contribution >= 0.6 is 22.6 Å². The molecular formula is C32H24IN5. The van der Waals surface area contributed by atoms with Crippen molar-refractivity contribution in [3.8, 4) is 39.7 Å². The minimum absolute atomic E-state index is 0.807. The molecule has 5 nitrogen and oxygen atoms in total. The second kappa shape index (κ2) is 10.6.